The first-order chi connectivity index (χ1) is 14.0. The maximum absolute atomic E-state index is 12.8. The number of ether oxygens (including phenoxy) is 2. The van der Waals surface area contributed by atoms with Crippen LogP contribution in [0.2, 0.25) is 0 Å². The van der Waals surface area contributed by atoms with Crippen LogP contribution in [0, 0.1) is 0 Å². The average molecular weight is 419 g/mol. The van der Waals surface area contributed by atoms with E-state index in [2.05, 4.69) is 5.32 Å². The van der Waals surface area contributed by atoms with Gasteiger partial charge in [-0.05, 0) is 61.7 Å². The van der Waals surface area contributed by atoms with Crippen LogP contribution in [0.15, 0.2) is 47.4 Å². The normalized spacial score (nSPS) is 14.6. The minimum atomic E-state index is -3.59. The molecule has 1 fully saturated rings. The summed E-state index contributed by atoms with van der Waals surface area (Å²) in [4.78, 5) is 12.8. The summed E-state index contributed by atoms with van der Waals surface area (Å²) in [5, 5.41) is 2.76. The van der Waals surface area contributed by atoms with E-state index >= 15 is 0 Å². The lowest BCUT2D eigenvalue weighted by Crippen LogP contribution is -2.28. The van der Waals surface area contributed by atoms with Gasteiger partial charge in [0.25, 0.3) is 5.91 Å². The highest BCUT2D eigenvalue weighted by Crippen LogP contribution is 2.30. The van der Waals surface area contributed by atoms with Crippen molar-refractivity contribution in [3.63, 3.8) is 0 Å². The van der Waals surface area contributed by atoms with Crippen LogP contribution in [0.4, 0.5) is 5.69 Å². The second-order valence-electron chi connectivity index (χ2n) is 6.80. The zero-order chi connectivity index (χ0) is 20.9. The molecule has 8 heteroatoms. The van der Waals surface area contributed by atoms with E-state index in [0.717, 1.165) is 19.3 Å². The number of sulfonamides is 1. The number of benzene rings is 2. The third-order valence-corrected chi connectivity index (χ3v) is 6.61. The van der Waals surface area contributed by atoms with Gasteiger partial charge in [-0.25, -0.2) is 8.42 Å². The number of methoxy groups -OCH3 is 1. The topological polar surface area (TPSA) is 84.9 Å². The quantitative estimate of drug-likeness (QED) is 0.709. The molecule has 156 valence electrons. The van der Waals surface area contributed by atoms with Crippen molar-refractivity contribution in [3.8, 4) is 11.5 Å². The summed E-state index contributed by atoms with van der Waals surface area (Å²) in [7, 11) is -2.12. The zero-order valence-corrected chi connectivity index (χ0v) is 17.5. The van der Waals surface area contributed by atoms with Crippen LogP contribution in [0.1, 0.15) is 36.5 Å². The van der Waals surface area contributed by atoms with Gasteiger partial charge in [-0.3, -0.25) is 4.79 Å². The van der Waals surface area contributed by atoms with Gasteiger partial charge in [-0.15, -0.1) is 0 Å². The Morgan fingerprint density at radius 3 is 2.41 bits per heavy atom. The summed E-state index contributed by atoms with van der Waals surface area (Å²) in [5.74, 6) is 0.724. The molecule has 2 aromatic rings. The molecule has 0 atom stereocenters. The van der Waals surface area contributed by atoms with Crippen LogP contribution in [0.3, 0.4) is 0 Å². The van der Waals surface area contributed by atoms with Crippen molar-refractivity contribution in [2.75, 3.05) is 32.1 Å². The molecule has 0 aromatic heterocycles. The fourth-order valence-electron chi connectivity index (χ4n) is 3.14. The second-order valence-corrected chi connectivity index (χ2v) is 8.74. The van der Waals surface area contributed by atoms with Crippen LogP contribution in [-0.2, 0) is 10.0 Å². The molecule has 1 N–H and O–H groups in total. The molecule has 2 aromatic carbocycles. The highest BCUT2D eigenvalue weighted by Gasteiger charge is 2.28. The van der Waals surface area contributed by atoms with Gasteiger partial charge in [0.05, 0.1) is 24.3 Å². The summed E-state index contributed by atoms with van der Waals surface area (Å²) in [5.41, 5.74) is 0.743. The molecular formula is C21H26N2O5S. The molecular weight excluding hydrogens is 392 g/mol. The molecule has 0 saturated carbocycles. The second kappa shape index (κ2) is 9.28. The average Bonchev–Trinajstić information content (AvgIpc) is 3.28. The standard InChI is InChI=1S/C21H26N2O5S/c1-3-14-28-17-8-6-16(7-9-17)21(24)22-19-15-18(10-11-20(19)27-2)29(25,26)23-12-4-5-13-23/h6-11,15H,3-5,12-14H2,1-2H3,(H,22,24). The van der Waals surface area contributed by atoms with Gasteiger partial charge in [0, 0.05) is 18.7 Å². The summed E-state index contributed by atoms with van der Waals surface area (Å²) in [6.45, 7) is 3.67. The predicted octanol–water partition coefficient (Wildman–Crippen LogP) is 3.52. The highest BCUT2D eigenvalue weighted by atomic mass is 32.2. The van der Waals surface area contributed by atoms with E-state index in [0.29, 0.717) is 42.4 Å². The van der Waals surface area contributed by atoms with Gasteiger partial charge in [-0.1, -0.05) is 6.92 Å². The lowest BCUT2D eigenvalue weighted by molar-refractivity contribution is 0.102. The monoisotopic (exact) mass is 418 g/mol. The lowest BCUT2D eigenvalue weighted by atomic mass is 10.2. The maximum atomic E-state index is 12.8. The van der Waals surface area contributed by atoms with Gasteiger partial charge < -0.3 is 14.8 Å². The van der Waals surface area contributed by atoms with E-state index < -0.39 is 10.0 Å². The maximum Gasteiger partial charge on any atom is 0.255 e. The van der Waals surface area contributed by atoms with Crippen molar-refractivity contribution in [2.45, 2.75) is 31.1 Å². The number of carbonyl (C=O) groups is 1. The zero-order valence-electron chi connectivity index (χ0n) is 16.7. The van der Waals surface area contributed by atoms with Gasteiger partial charge in [0.1, 0.15) is 11.5 Å². The molecule has 1 saturated heterocycles. The van der Waals surface area contributed by atoms with Crippen LogP contribution in [0.5, 0.6) is 11.5 Å². The Kier molecular flexibility index (Phi) is 6.76. The Labute approximate surface area is 171 Å². The van der Waals surface area contributed by atoms with E-state index in [9.17, 15) is 13.2 Å². The fourth-order valence-corrected chi connectivity index (χ4v) is 4.68. The molecule has 0 radical (unpaired) electrons. The molecule has 0 unspecified atom stereocenters. The van der Waals surface area contributed by atoms with Crippen LogP contribution < -0.4 is 14.8 Å². The number of carbonyl (C=O) groups excluding carboxylic acids is 1. The van der Waals surface area contributed by atoms with Crippen LogP contribution in [-0.4, -0.2) is 45.4 Å². The number of hydrogen-bond donors (Lipinski definition) is 1. The van der Waals surface area contributed by atoms with E-state index in [1.165, 1.54) is 23.5 Å². The van der Waals surface area contributed by atoms with Crippen molar-refractivity contribution in [3.05, 3.63) is 48.0 Å². The Morgan fingerprint density at radius 1 is 1.10 bits per heavy atom. The first kappa shape index (κ1) is 21.1. The number of hydrogen-bond acceptors (Lipinski definition) is 5. The number of anilines is 1. The third kappa shape index (κ3) is 4.89. The number of nitrogens with zero attached hydrogens (tertiary/aromatic N) is 1. The Bertz CT molecular complexity index is 952. The van der Waals surface area contributed by atoms with Crippen molar-refractivity contribution in [2.24, 2.45) is 0 Å². The number of amides is 1. The molecule has 7 nitrogen and oxygen atoms in total. The molecule has 0 spiro atoms. The molecule has 0 bridgehead atoms. The van der Waals surface area contributed by atoms with Crippen LogP contribution >= 0.6 is 0 Å². The number of rotatable bonds is 8. The highest BCUT2D eigenvalue weighted by molar-refractivity contribution is 7.89. The van der Waals surface area contributed by atoms with Crippen molar-refractivity contribution in [1.82, 2.24) is 4.31 Å². The Balaban J connectivity index is 1.81. The summed E-state index contributed by atoms with van der Waals surface area (Å²) >= 11 is 0. The van der Waals surface area contributed by atoms with Gasteiger partial charge >= 0.3 is 0 Å². The van der Waals surface area contributed by atoms with Crippen molar-refractivity contribution in [1.29, 1.82) is 0 Å². The molecule has 29 heavy (non-hydrogen) atoms. The first-order valence-corrected chi connectivity index (χ1v) is 11.1. The molecule has 1 aliphatic rings. The SMILES string of the molecule is CCCOc1ccc(C(=O)Nc2cc(S(=O)(=O)N3CCCC3)ccc2OC)cc1. The molecule has 0 aliphatic carbocycles. The molecule has 3 rings (SSSR count). The molecule has 1 aliphatic heterocycles. The minimum absolute atomic E-state index is 0.138. The smallest absolute Gasteiger partial charge is 0.255 e. The predicted molar refractivity (Wildman–Crippen MR) is 111 cm³/mol. The summed E-state index contributed by atoms with van der Waals surface area (Å²) < 4.78 is 37.9. The van der Waals surface area contributed by atoms with Crippen molar-refractivity contribution >= 4 is 21.6 Å². The number of nitrogens with one attached hydrogen (secondary N) is 1. The molecule has 1 amide bonds. The van der Waals surface area contributed by atoms with Gasteiger partial charge in [0.15, 0.2) is 0 Å². The third-order valence-electron chi connectivity index (χ3n) is 4.71. The Hall–Kier alpha value is -2.58. The van der Waals surface area contributed by atoms with Crippen LogP contribution in [0.25, 0.3) is 0 Å². The van der Waals surface area contributed by atoms with Crippen molar-refractivity contribution < 1.29 is 22.7 Å². The van der Waals surface area contributed by atoms with E-state index in [-0.39, 0.29) is 10.8 Å². The lowest BCUT2D eigenvalue weighted by Gasteiger charge is -2.17. The van der Waals surface area contributed by atoms with Gasteiger partial charge in [0.2, 0.25) is 10.0 Å². The molecule has 1 heterocycles. The van der Waals surface area contributed by atoms with E-state index in [1.54, 1.807) is 30.3 Å². The Morgan fingerprint density at radius 2 is 1.79 bits per heavy atom. The summed E-state index contributed by atoms with van der Waals surface area (Å²) in [6.07, 6.45) is 2.62. The minimum Gasteiger partial charge on any atom is -0.495 e. The largest absolute Gasteiger partial charge is 0.495 e. The first-order valence-electron chi connectivity index (χ1n) is 9.68. The fraction of sp³-hybridized carbons (Fsp3) is 0.381. The van der Waals surface area contributed by atoms with Gasteiger partial charge in [-0.2, -0.15) is 4.31 Å². The summed E-state index contributed by atoms with van der Waals surface area (Å²) in [6, 6.07) is 11.3. The van der Waals surface area contributed by atoms with E-state index in [4.69, 9.17) is 9.47 Å². The van der Waals surface area contributed by atoms with E-state index in [1.807, 2.05) is 6.92 Å².